The van der Waals surface area contributed by atoms with Gasteiger partial charge in [-0.25, -0.2) is 9.59 Å². The second kappa shape index (κ2) is 9.65. The Kier molecular flexibility index (Phi) is 7.26. The van der Waals surface area contributed by atoms with E-state index in [1.807, 2.05) is 63.2 Å². The Bertz CT molecular complexity index is 740. The van der Waals surface area contributed by atoms with Crippen molar-refractivity contribution in [3.63, 3.8) is 0 Å². The van der Waals surface area contributed by atoms with E-state index in [-0.39, 0.29) is 18.6 Å². The van der Waals surface area contributed by atoms with E-state index in [2.05, 4.69) is 10.6 Å². The first-order chi connectivity index (χ1) is 12.5. The zero-order valence-electron chi connectivity index (χ0n) is 15.5. The average Bonchev–Trinajstić information content (AvgIpc) is 2.63. The van der Waals surface area contributed by atoms with Crippen LogP contribution in [-0.4, -0.2) is 31.4 Å². The Labute approximate surface area is 153 Å². The second-order valence-electron chi connectivity index (χ2n) is 6.49. The number of nitrogens with one attached hydrogen (secondary N) is 2. The highest BCUT2D eigenvalue weighted by Crippen LogP contribution is 2.22. The number of hydrogen-bond acceptors (Lipinski definition) is 4. The van der Waals surface area contributed by atoms with E-state index < -0.39 is 12.2 Å². The van der Waals surface area contributed by atoms with Gasteiger partial charge in [-0.15, -0.1) is 0 Å². The van der Waals surface area contributed by atoms with Gasteiger partial charge in [-0.2, -0.15) is 0 Å². The highest BCUT2D eigenvalue weighted by Gasteiger charge is 2.15. The summed E-state index contributed by atoms with van der Waals surface area (Å²) in [5.74, 6) is 0.267. The van der Waals surface area contributed by atoms with Gasteiger partial charge in [-0.1, -0.05) is 57.2 Å². The lowest BCUT2D eigenvalue weighted by molar-refractivity contribution is 0.116. The van der Waals surface area contributed by atoms with Gasteiger partial charge in [0.25, 0.3) is 0 Å². The number of alkyl carbamates (subject to hydrolysis) is 1. The lowest BCUT2D eigenvalue weighted by Crippen LogP contribution is -2.39. The molecule has 26 heavy (non-hydrogen) atoms. The third-order valence-corrected chi connectivity index (χ3v) is 3.80. The monoisotopic (exact) mass is 358 g/mol. The van der Waals surface area contributed by atoms with E-state index in [1.54, 1.807) is 0 Å². The number of benzene rings is 2. The molecule has 0 aromatic heterocycles. The molecular formula is C20H26N2O4. The summed E-state index contributed by atoms with van der Waals surface area (Å²) in [6.45, 7) is 6.25. The van der Waals surface area contributed by atoms with Crippen LogP contribution in [0.3, 0.4) is 0 Å². The van der Waals surface area contributed by atoms with Crippen molar-refractivity contribution in [2.24, 2.45) is 5.92 Å². The molecule has 0 spiro atoms. The minimum absolute atomic E-state index is 0.0733. The zero-order valence-corrected chi connectivity index (χ0v) is 15.5. The summed E-state index contributed by atoms with van der Waals surface area (Å²) >= 11 is 0. The first kappa shape index (κ1) is 19.6. The van der Waals surface area contributed by atoms with Crippen molar-refractivity contribution >= 4 is 28.6 Å². The highest BCUT2D eigenvalue weighted by molar-refractivity contribution is 6.00. The maximum absolute atomic E-state index is 12.1. The number of rotatable bonds is 7. The molecule has 0 saturated carbocycles. The quantitative estimate of drug-likeness (QED) is 0.761. The Morgan fingerprint density at radius 2 is 1.65 bits per heavy atom. The van der Waals surface area contributed by atoms with Crippen LogP contribution in [0.25, 0.3) is 10.8 Å². The molecule has 2 rings (SSSR count). The van der Waals surface area contributed by atoms with Crippen molar-refractivity contribution in [1.29, 1.82) is 0 Å². The molecule has 0 fully saturated rings. The number of carbonyl (C=O) groups excluding carboxylic acids is 2. The number of ether oxygens (including phenoxy) is 2. The van der Waals surface area contributed by atoms with Crippen LogP contribution in [0, 0.1) is 5.92 Å². The van der Waals surface area contributed by atoms with Crippen molar-refractivity contribution in [1.82, 2.24) is 5.32 Å². The first-order valence-corrected chi connectivity index (χ1v) is 8.84. The smallest absolute Gasteiger partial charge is 0.411 e. The molecule has 0 radical (unpaired) electrons. The predicted octanol–water partition coefficient (Wildman–Crippen LogP) is 4.55. The lowest BCUT2D eigenvalue weighted by atomic mass is 10.1. The summed E-state index contributed by atoms with van der Waals surface area (Å²) in [4.78, 5) is 23.8. The third kappa shape index (κ3) is 5.95. The summed E-state index contributed by atoms with van der Waals surface area (Å²) in [5.41, 5.74) is 0.686. The molecule has 2 aromatic rings. The molecule has 6 heteroatoms. The maximum atomic E-state index is 12.1. The summed E-state index contributed by atoms with van der Waals surface area (Å²) in [5, 5.41) is 7.43. The molecule has 2 amide bonds. The van der Waals surface area contributed by atoms with E-state index in [1.165, 1.54) is 0 Å². The normalized spacial score (nSPS) is 11.8. The Morgan fingerprint density at radius 1 is 0.962 bits per heavy atom. The average molecular weight is 358 g/mol. The van der Waals surface area contributed by atoms with Crippen molar-refractivity contribution < 1.29 is 19.1 Å². The molecular weight excluding hydrogens is 332 g/mol. The van der Waals surface area contributed by atoms with Crippen LogP contribution in [0.15, 0.2) is 42.5 Å². The Morgan fingerprint density at radius 3 is 2.38 bits per heavy atom. The van der Waals surface area contributed by atoms with Gasteiger partial charge < -0.3 is 14.8 Å². The van der Waals surface area contributed by atoms with E-state index in [0.717, 1.165) is 10.8 Å². The molecule has 1 atom stereocenters. The van der Waals surface area contributed by atoms with E-state index >= 15 is 0 Å². The standard InChI is InChI=1S/C20H26N2O4/c1-4-16(21-19(23)25-12-14(2)3)13-26-20(24)22-18-11-7-9-15-8-5-6-10-17(15)18/h5-11,14,16H,4,12-13H2,1-3H3,(H,21,23)(H,22,24)/t16-/m1/s1. The van der Waals surface area contributed by atoms with Gasteiger partial charge in [0.15, 0.2) is 0 Å². The van der Waals surface area contributed by atoms with Gasteiger partial charge in [0.2, 0.25) is 0 Å². The molecule has 6 nitrogen and oxygen atoms in total. The summed E-state index contributed by atoms with van der Waals surface area (Å²) in [6.07, 6.45) is -0.432. The van der Waals surface area contributed by atoms with Crippen LogP contribution in [-0.2, 0) is 9.47 Å². The molecule has 0 aliphatic heterocycles. The first-order valence-electron chi connectivity index (χ1n) is 8.84. The number of anilines is 1. The zero-order chi connectivity index (χ0) is 18.9. The number of carbonyl (C=O) groups is 2. The molecule has 0 heterocycles. The van der Waals surface area contributed by atoms with E-state index in [0.29, 0.717) is 18.7 Å². The minimum Gasteiger partial charge on any atom is -0.449 e. The molecule has 2 N–H and O–H groups in total. The third-order valence-electron chi connectivity index (χ3n) is 3.80. The van der Waals surface area contributed by atoms with Crippen LogP contribution in [0.2, 0.25) is 0 Å². The van der Waals surface area contributed by atoms with Gasteiger partial charge in [-0.3, -0.25) is 5.32 Å². The minimum atomic E-state index is -0.558. The Hall–Kier alpha value is -2.76. The van der Waals surface area contributed by atoms with Gasteiger partial charge in [0.1, 0.15) is 6.61 Å². The van der Waals surface area contributed by atoms with Gasteiger partial charge in [0.05, 0.1) is 18.3 Å². The largest absolute Gasteiger partial charge is 0.449 e. The van der Waals surface area contributed by atoms with Crippen molar-refractivity contribution in [2.75, 3.05) is 18.5 Å². The molecule has 0 aliphatic carbocycles. The number of fused-ring (bicyclic) bond motifs is 1. The van der Waals surface area contributed by atoms with Crippen LogP contribution in [0.1, 0.15) is 27.2 Å². The molecule has 0 unspecified atom stereocenters. The summed E-state index contributed by atoms with van der Waals surface area (Å²) in [6, 6.07) is 13.2. The highest BCUT2D eigenvalue weighted by atomic mass is 16.6. The number of amides is 2. The van der Waals surface area contributed by atoms with E-state index in [4.69, 9.17) is 9.47 Å². The fraction of sp³-hybridized carbons (Fsp3) is 0.400. The van der Waals surface area contributed by atoms with Crippen LogP contribution < -0.4 is 10.6 Å². The van der Waals surface area contributed by atoms with Crippen molar-refractivity contribution in [3.05, 3.63) is 42.5 Å². The molecule has 0 aliphatic rings. The molecule has 0 saturated heterocycles. The van der Waals surface area contributed by atoms with Crippen LogP contribution in [0.5, 0.6) is 0 Å². The van der Waals surface area contributed by atoms with Gasteiger partial charge in [-0.05, 0) is 23.8 Å². The molecule has 0 bridgehead atoms. The molecule has 2 aromatic carbocycles. The van der Waals surface area contributed by atoms with Crippen molar-refractivity contribution in [2.45, 2.75) is 33.2 Å². The van der Waals surface area contributed by atoms with Crippen LogP contribution in [0.4, 0.5) is 15.3 Å². The number of hydrogen-bond donors (Lipinski definition) is 2. The van der Waals surface area contributed by atoms with Gasteiger partial charge in [0, 0.05) is 5.39 Å². The fourth-order valence-corrected chi connectivity index (χ4v) is 2.37. The molecule has 140 valence electrons. The summed E-state index contributed by atoms with van der Waals surface area (Å²) < 4.78 is 10.3. The summed E-state index contributed by atoms with van der Waals surface area (Å²) in [7, 11) is 0. The predicted molar refractivity (Wildman–Crippen MR) is 102 cm³/mol. The van der Waals surface area contributed by atoms with Crippen LogP contribution >= 0.6 is 0 Å². The Balaban J connectivity index is 1.85. The van der Waals surface area contributed by atoms with Gasteiger partial charge >= 0.3 is 12.2 Å². The van der Waals surface area contributed by atoms with Crippen molar-refractivity contribution in [3.8, 4) is 0 Å². The topological polar surface area (TPSA) is 76.7 Å². The fourth-order valence-electron chi connectivity index (χ4n) is 2.37. The van der Waals surface area contributed by atoms with E-state index in [9.17, 15) is 9.59 Å². The maximum Gasteiger partial charge on any atom is 0.411 e. The second-order valence-corrected chi connectivity index (χ2v) is 6.49. The SMILES string of the molecule is CC[C@H](COC(=O)Nc1cccc2ccccc12)NC(=O)OCC(C)C. The lowest BCUT2D eigenvalue weighted by Gasteiger charge is -2.18.